The molecule has 0 atom stereocenters. The zero-order valence-corrected chi connectivity index (χ0v) is 13.2. The molecule has 1 aliphatic rings. The number of carbonyl (C=O) groups excluding carboxylic acids is 1. The molecule has 1 aromatic rings. The van der Waals surface area contributed by atoms with Crippen molar-refractivity contribution in [1.29, 1.82) is 0 Å². The number of nitrogens with zero attached hydrogens (tertiary/aromatic N) is 1. The van der Waals surface area contributed by atoms with Crippen molar-refractivity contribution < 1.29 is 4.79 Å². The number of Topliss-reactive ketones (excluding diaryl/α,β-unsaturated/α-hetero) is 1. The van der Waals surface area contributed by atoms with Crippen LogP contribution in [0.1, 0.15) is 54.6 Å². The van der Waals surface area contributed by atoms with Gasteiger partial charge < -0.3 is 0 Å². The first-order valence-electron chi connectivity index (χ1n) is 7.34. The second kappa shape index (κ2) is 6.19. The summed E-state index contributed by atoms with van der Waals surface area (Å²) >= 11 is 1.66. The highest BCUT2D eigenvalue weighted by Gasteiger charge is 2.24. The largest absolute Gasteiger partial charge is 0.296 e. The van der Waals surface area contributed by atoms with Crippen molar-refractivity contribution in [2.75, 3.05) is 19.6 Å². The molecule has 3 heteroatoms. The van der Waals surface area contributed by atoms with Gasteiger partial charge in [0, 0.05) is 4.88 Å². The molecule has 2 heterocycles. The van der Waals surface area contributed by atoms with Gasteiger partial charge in [0.1, 0.15) is 0 Å². The van der Waals surface area contributed by atoms with E-state index in [1.807, 2.05) is 6.07 Å². The minimum atomic E-state index is 0.296. The van der Waals surface area contributed by atoms with E-state index in [0.717, 1.165) is 24.4 Å². The lowest BCUT2D eigenvalue weighted by atomic mass is 9.85. The quantitative estimate of drug-likeness (QED) is 0.776. The van der Waals surface area contributed by atoms with Gasteiger partial charge in [-0.25, -0.2) is 0 Å². The van der Waals surface area contributed by atoms with Crippen LogP contribution < -0.4 is 0 Å². The molecule has 106 valence electrons. The number of hydrogen-bond donors (Lipinski definition) is 0. The summed E-state index contributed by atoms with van der Waals surface area (Å²) in [5.74, 6) is 0.296. The van der Waals surface area contributed by atoms with E-state index >= 15 is 0 Å². The third-order valence-corrected chi connectivity index (χ3v) is 5.36. The lowest BCUT2D eigenvalue weighted by Crippen LogP contribution is -2.31. The lowest BCUT2D eigenvalue weighted by molar-refractivity contribution is 0.0934. The zero-order chi connectivity index (χ0) is 13.9. The van der Waals surface area contributed by atoms with E-state index in [-0.39, 0.29) is 0 Å². The first kappa shape index (κ1) is 14.7. The molecule has 0 aromatic carbocycles. The molecule has 0 amide bonds. The Balaban J connectivity index is 1.91. The summed E-state index contributed by atoms with van der Waals surface area (Å²) in [6.45, 7) is 9.54. The molecule has 0 radical (unpaired) electrons. The van der Waals surface area contributed by atoms with Crippen LogP contribution in [-0.4, -0.2) is 30.3 Å². The number of carbonyl (C=O) groups is 1. The van der Waals surface area contributed by atoms with Gasteiger partial charge in [0.2, 0.25) is 0 Å². The van der Waals surface area contributed by atoms with Crippen LogP contribution in [0.3, 0.4) is 0 Å². The molecule has 0 N–H and O–H groups in total. The fraction of sp³-hybridized carbons (Fsp3) is 0.688. The maximum atomic E-state index is 12.3. The Labute approximate surface area is 120 Å². The molecule has 0 spiro atoms. The van der Waals surface area contributed by atoms with Crippen LogP contribution in [-0.2, 0) is 6.42 Å². The molecular weight excluding hydrogens is 254 g/mol. The van der Waals surface area contributed by atoms with Crippen molar-refractivity contribution in [3.63, 3.8) is 0 Å². The topological polar surface area (TPSA) is 20.3 Å². The SMILES string of the molecule is CCc1ccc(C(=O)CN2CCCC(C)(C)CC2)s1. The fourth-order valence-corrected chi connectivity index (χ4v) is 3.51. The summed E-state index contributed by atoms with van der Waals surface area (Å²) < 4.78 is 0. The van der Waals surface area contributed by atoms with Crippen LogP contribution >= 0.6 is 11.3 Å². The van der Waals surface area contributed by atoms with Crippen molar-refractivity contribution in [3.05, 3.63) is 21.9 Å². The molecule has 0 unspecified atom stereocenters. The highest BCUT2D eigenvalue weighted by atomic mass is 32.1. The Morgan fingerprint density at radius 3 is 2.79 bits per heavy atom. The van der Waals surface area contributed by atoms with Crippen molar-refractivity contribution in [2.24, 2.45) is 5.41 Å². The highest BCUT2D eigenvalue weighted by Crippen LogP contribution is 2.29. The van der Waals surface area contributed by atoms with Crippen LogP contribution in [0.2, 0.25) is 0 Å². The predicted molar refractivity (Wildman–Crippen MR) is 82.1 cm³/mol. The third-order valence-electron chi connectivity index (χ3n) is 4.08. The molecule has 1 aromatic heterocycles. The van der Waals surface area contributed by atoms with Crippen molar-refractivity contribution >= 4 is 17.1 Å². The molecule has 2 rings (SSSR count). The summed E-state index contributed by atoms with van der Waals surface area (Å²) in [5.41, 5.74) is 0.441. The highest BCUT2D eigenvalue weighted by molar-refractivity contribution is 7.14. The third kappa shape index (κ3) is 4.15. The molecule has 0 bridgehead atoms. The van der Waals surface area contributed by atoms with E-state index in [4.69, 9.17) is 0 Å². The Morgan fingerprint density at radius 2 is 2.11 bits per heavy atom. The van der Waals surface area contributed by atoms with Crippen molar-refractivity contribution in [1.82, 2.24) is 4.90 Å². The average Bonchev–Trinajstić information content (AvgIpc) is 2.78. The number of likely N-dealkylation sites (tertiary alicyclic amines) is 1. The van der Waals surface area contributed by atoms with Gasteiger partial charge >= 0.3 is 0 Å². The van der Waals surface area contributed by atoms with E-state index in [0.29, 0.717) is 17.7 Å². The maximum Gasteiger partial charge on any atom is 0.186 e. The van der Waals surface area contributed by atoms with Crippen LogP contribution in [0, 0.1) is 5.41 Å². The fourth-order valence-electron chi connectivity index (χ4n) is 2.64. The molecular formula is C16H25NOS. The van der Waals surface area contributed by atoms with E-state index in [1.165, 1.54) is 24.1 Å². The second-order valence-corrected chi connectivity index (χ2v) is 7.50. The molecule has 2 nitrogen and oxygen atoms in total. The van der Waals surface area contributed by atoms with Crippen molar-refractivity contribution in [2.45, 2.75) is 46.5 Å². The lowest BCUT2D eigenvalue weighted by Gasteiger charge is -2.22. The average molecular weight is 279 g/mol. The summed E-state index contributed by atoms with van der Waals surface area (Å²) in [7, 11) is 0. The smallest absolute Gasteiger partial charge is 0.186 e. The standard InChI is InChI=1S/C16H25NOS/c1-4-13-6-7-15(19-13)14(18)12-17-10-5-8-16(2,3)9-11-17/h6-7H,4-5,8-12H2,1-3H3. The van der Waals surface area contributed by atoms with E-state index < -0.39 is 0 Å². The second-order valence-electron chi connectivity index (χ2n) is 6.34. The zero-order valence-electron chi connectivity index (χ0n) is 12.4. The molecule has 19 heavy (non-hydrogen) atoms. The Hall–Kier alpha value is -0.670. The van der Waals surface area contributed by atoms with Crippen LogP contribution in [0.25, 0.3) is 0 Å². The summed E-state index contributed by atoms with van der Waals surface area (Å²) in [4.78, 5) is 16.9. The number of ketones is 1. The Bertz CT molecular complexity index is 436. The molecule has 0 saturated carbocycles. The summed E-state index contributed by atoms with van der Waals surface area (Å²) in [6, 6.07) is 4.08. The molecule has 0 aliphatic carbocycles. The Kier molecular flexibility index (Phi) is 4.80. The predicted octanol–water partition coefficient (Wildman–Crippen LogP) is 4.01. The van der Waals surface area contributed by atoms with Gasteiger partial charge in [-0.2, -0.15) is 0 Å². The number of thiophene rings is 1. The van der Waals surface area contributed by atoms with Gasteiger partial charge in [0.25, 0.3) is 0 Å². The monoisotopic (exact) mass is 279 g/mol. The number of aryl methyl sites for hydroxylation is 1. The van der Waals surface area contributed by atoms with Crippen LogP contribution in [0.15, 0.2) is 12.1 Å². The maximum absolute atomic E-state index is 12.3. The van der Waals surface area contributed by atoms with E-state index in [9.17, 15) is 4.79 Å². The summed E-state index contributed by atoms with van der Waals surface area (Å²) in [5, 5.41) is 0. The van der Waals surface area contributed by atoms with Crippen LogP contribution in [0.4, 0.5) is 0 Å². The van der Waals surface area contributed by atoms with Gasteiger partial charge in [-0.15, -0.1) is 11.3 Å². The first-order valence-corrected chi connectivity index (χ1v) is 8.16. The number of rotatable bonds is 4. The molecule has 1 aliphatic heterocycles. The van der Waals surface area contributed by atoms with Gasteiger partial charge in [-0.1, -0.05) is 20.8 Å². The minimum absolute atomic E-state index is 0.296. The van der Waals surface area contributed by atoms with E-state index in [1.54, 1.807) is 11.3 Å². The molecule has 1 saturated heterocycles. The Morgan fingerprint density at radius 1 is 1.32 bits per heavy atom. The van der Waals surface area contributed by atoms with E-state index in [2.05, 4.69) is 31.7 Å². The minimum Gasteiger partial charge on any atom is -0.296 e. The summed E-state index contributed by atoms with van der Waals surface area (Å²) in [6.07, 6.45) is 4.71. The molecule has 1 fully saturated rings. The van der Waals surface area contributed by atoms with Gasteiger partial charge in [0.15, 0.2) is 5.78 Å². The van der Waals surface area contributed by atoms with Gasteiger partial charge in [-0.3, -0.25) is 9.69 Å². The van der Waals surface area contributed by atoms with Crippen LogP contribution in [0.5, 0.6) is 0 Å². The van der Waals surface area contributed by atoms with Gasteiger partial charge in [-0.05, 0) is 56.3 Å². The first-order chi connectivity index (χ1) is 9.00. The van der Waals surface area contributed by atoms with Gasteiger partial charge in [0.05, 0.1) is 11.4 Å². The normalized spacial score (nSPS) is 20.2. The number of hydrogen-bond acceptors (Lipinski definition) is 3. The van der Waals surface area contributed by atoms with Crippen molar-refractivity contribution in [3.8, 4) is 0 Å².